The largest absolute Gasteiger partial charge is 0.448 e. The molecule has 234 valence electrons. The van der Waals surface area contributed by atoms with Crippen LogP contribution in [0.25, 0.3) is 11.4 Å². The lowest BCUT2D eigenvalue weighted by Crippen LogP contribution is -2.39. The first-order valence-electron chi connectivity index (χ1n) is 15.1. The number of carbonyl (C=O) groups is 3. The number of para-hydroxylation sites is 1. The van der Waals surface area contributed by atoms with Crippen molar-refractivity contribution in [2.75, 3.05) is 44.4 Å². The van der Waals surface area contributed by atoms with Crippen molar-refractivity contribution in [2.24, 2.45) is 11.6 Å². The number of alkyl carbamates (subject to hydrolysis) is 1. The molecule has 11 nitrogen and oxygen atoms in total. The summed E-state index contributed by atoms with van der Waals surface area (Å²) in [7, 11) is 0. The zero-order chi connectivity index (χ0) is 31.0. The number of fused-ring (bicyclic) bond motifs is 2. The van der Waals surface area contributed by atoms with E-state index in [2.05, 4.69) is 17.6 Å². The highest BCUT2D eigenvalue weighted by Gasteiger charge is 2.28. The standard InChI is InChI=1S/C32H46N6O5/c1-3-5-10-17-36-32(41)43-22-19-38(34)31-26-13-8-9-14-27(26)37(23-24-11-6-7-12-25(24)30(31)33)29(40)15-18-35-28(39)16-21-42-20-4-2/h6-9,11-14H,3-5,10,15-23,33-34H2,1-2H3,(H,35,39)(H,36,41)/b31-30-. The van der Waals surface area contributed by atoms with Gasteiger partial charge in [0.2, 0.25) is 11.8 Å². The van der Waals surface area contributed by atoms with Crippen molar-refractivity contribution >= 4 is 35.0 Å². The third-order valence-electron chi connectivity index (χ3n) is 7.03. The molecule has 0 unspecified atom stereocenters. The maximum absolute atomic E-state index is 13.6. The molecular weight excluding hydrogens is 548 g/mol. The van der Waals surface area contributed by atoms with Crippen molar-refractivity contribution in [3.05, 3.63) is 65.2 Å². The maximum Gasteiger partial charge on any atom is 0.407 e. The van der Waals surface area contributed by atoms with Crippen LogP contribution in [-0.2, 0) is 25.6 Å². The third-order valence-corrected chi connectivity index (χ3v) is 7.03. The van der Waals surface area contributed by atoms with E-state index in [0.29, 0.717) is 48.9 Å². The normalized spacial score (nSPS) is 14.2. The van der Waals surface area contributed by atoms with Gasteiger partial charge in [-0.1, -0.05) is 69.2 Å². The monoisotopic (exact) mass is 594 g/mol. The Morgan fingerprint density at radius 1 is 0.884 bits per heavy atom. The van der Waals surface area contributed by atoms with Gasteiger partial charge in [0.05, 0.1) is 36.8 Å². The zero-order valence-corrected chi connectivity index (χ0v) is 25.4. The topological polar surface area (TPSA) is 152 Å². The molecule has 1 aliphatic rings. The van der Waals surface area contributed by atoms with Crippen molar-refractivity contribution in [1.29, 1.82) is 0 Å². The first kappa shape index (κ1) is 33.4. The smallest absolute Gasteiger partial charge is 0.407 e. The minimum Gasteiger partial charge on any atom is -0.448 e. The maximum atomic E-state index is 13.6. The Bertz CT molecular complexity index is 1250. The van der Waals surface area contributed by atoms with E-state index < -0.39 is 6.09 Å². The van der Waals surface area contributed by atoms with Crippen molar-refractivity contribution < 1.29 is 23.9 Å². The van der Waals surface area contributed by atoms with Crippen LogP contribution in [0, 0.1) is 0 Å². The fraction of sp³-hybridized carbons (Fsp3) is 0.469. The van der Waals surface area contributed by atoms with Gasteiger partial charge in [-0.2, -0.15) is 0 Å². The first-order chi connectivity index (χ1) is 20.9. The molecule has 1 aliphatic heterocycles. The van der Waals surface area contributed by atoms with Crippen LogP contribution in [0.1, 0.15) is 69.1 Å². The van der Waals surface area contributed by atoms with Crippen LogP contribution in [0.15, 0.2) is 48.5 Å². The van der Waals surface area contributed by atoms with E-state index in [1.54, 1.807) is 4.90 Å². The number of carbonyl (C=O) groups excluding carboxylic acids is 3. The van der Waals surface area contributed by atoms with Crippen molar-refractivity contribution in [1.82, 2.24) is 15.6 Å². The number of anilines is 1. The summed E-state index contributed by atoms with van der Waals surface area (Å²) in [6, 6.07) is 15.0. The van der Waals surface area contributed by atoms with Gasteiger partial charge in [-0.05, 0) is 24.5 Å². The highest BCUT2D eigenvalue weighted by atomic mass is 16.5. The average molecular weight is 595 g/mol. The Balaban J connectivity index is 1.78. The summed E-state index contributed by atoms with van der Waals surface area (Å²) < 4.78 is 10.7. The van der Waals surface area contributed by atoms with Crippen LogP contribution in [0.3, 0.4) is 0 Å². The zero-order valence-electron chi connectivity index (χ0n) is 25.4. The second-order valence-electron chi connectivity index (χ2n) is 10.3. The summed E-state index contributed by atoms with van der Waals surface area (Å²) in [5, 5.41) is 7.03. The molecule has 0 saturated heterocycles. The lowest BCUT2D eigenvalue weighted by Gasteiger charge is -2.33. The van der Waals surface area contributed by atoms with Gasteiger partial charge in [-0.3, -0.25) is 9.59 Å². The van der Waals surface area contributed by atoms with Crippen molar-refractivity contribution in [3.63, 3.8) is 0 Å². The summed E-state index contributed by atoms with van der Waals surface area (Å²) in [5.74, 6) is 6.26. The highest BCUT2D eigenvalue weighted by molar-refractivity contribution is 6.01. The number of unbranched alkanes of at least 4 members (excludes halogenated alkanes) is 2. The number of nitrogens with zero attached hydrogens (tertiary/aromatic N) is 2. The Kier molecular flexibility index (Phi) is 13.8. The van der Waals surface area contributed by atoms with E-state index in [4.69, 9.17) is 21.1 Å². The van der Waals surface area contributed by atoms with Gasteiger partial charge >= 0.3 is 6.09 Å². The van der Waals surface area contributed by atoms with Crippen LogP contribution in [-0.4, -0.2) is 62.4 Å². The summed E-state index contributed by atoms with van der Waals surface area (Å²) in [4.78, 5) is 39.6. The van der Waals surface area contributed by atoms with E-state index in [0.717, 1.165) is 36.8 Å². The number of nitrogens with two attached hydrogens (primary N) is 2. The molecule has 0 fully saturated rings. The summed E-state index contributed by atoms with van der Waals surface area (Å²) in [6.07, 6.45) is 3.75. The minimum absolute atomic E-state index is 0.0442. The van der Waals surface area contributed by atoms with E-state index >= 15 is 0 Å². The van der Waals surface area contributed by atoms with Gasteiger partial charge in [-0.15, -0.1) is 0 Å². The minimum atomic E-state index is -0.493. The Morgan fingerprint density at radius 3 is 2.40 bits per heavy atom. The summed E-state index contributed by atoms with van der Waals surface area (Å²) >= 11 is 0. The van der Waals surface area contributed by atoms with E-state index in [-0.39, 0.29) is 44.4 Å². The fourth-order valence-corrected chi connectivity index (χ4v) is 4.80. The SMILES string of the molecule is CCCCCNC(=O)OCCN(N)/C1=C(\N)c2ccccc2CN(C(=O)CCNC(=O)CCOCCC)c2ccccc21. The molecule has 0 radical (unpaired) electrons. The van der Waals surface area contributed by atoms with E-state index in [1.165, 1.54) is 5.01 Å². The lowest BCUT2D eigenvalue weighted by molar-refractivity contribution is -0.122. The number of rotatable bonds is 16. The predicted octanol–water partition coefficient (Wildman–Crippen LogP) is 3.73. The second-order valence-corrected chi connectivity index (χ2v) is 10.3. The van der Waals surface area contributed by atoms with Crippen molar-refractivity contribution in [3.8, 4) is 0 Å². The quantitative estimate of drug-likeness (QED) is 0.130. The predicted molar refractivity (Wildman–Crippen MR) is 168 cm³/mol. The molecule has 0 atom stereocenters. The summed E-state index contributed by atoms with van der Waals surface area (Å²) in [5.41, 5.74) is 10.7. The molecule has 0 bridgehead atoms. The number of nitrogens with one attached hydrogen (secondary N) is 2. The fourth-order valence-electron chi connectivity index (χ4n) is 4.80. The second kappa shape index (κ2) is 17.8. The molecule has 11 heteroatoms. The lowest BCUT2D eigenvalue weighted by atomic mass is 9.95. The van der Waals surface area contributed by atoms with Crippen LogP contribution >= 0.6 is 0 Å². The molecule has 0 saturated carbocycles. The van der Waals surface area contributed by atoms with Crippen molar-refractivity contribution in [2.45, 2.75) is 58.9 Å². The molecule has 3 amide bonds. The van der Waals surface area contributed by atoms with Gasteiger partial charge in [0.1, 0.15) is 6.61 Å². The van der Waals surface area contributed by atoms with Gasteiger partial charge in [0.15, 0.2) is 0 Å². The molecule has 0 aliphatic carbocycles. The average Bonchev–Trinajstić information content (AvgIpc) is 3.00. The van der Waals surface area contributed by atoms with Gasteiger partial charge in [0.25, 0.3) is 0 Å². The van der Waals surface area contributed by atoms with E-state index in [1.807, 2.05) is 55.5 Å². The van der Waals surface area contributed by atoms with Gasteiger partial charge < -0.3 is 35.7 Å². The Hall–Kier alpha value is -4.09. The Labute approximate surface area is 254 Å². The molecule has 1 heterocycles. The van der Waals surface area contributed by atoms with Crippen LogP contribution in [0.2, 0.25) is 0 Å². The van der Waals surface area contributed by atoms with Gasteiger partial charge in [-0.25, -0.2) is 10.6 Å². The van der Waals surface area contributed by atoms with Crippen LogP contribution in [0.5, 0.6) is 0 Å². The molecule has 3 rings (SSSR count). The molecule has 2 aromatic rings. The van der Waals surface area contributed by atoms with Crippen LogP contribution in [0.4, 0.5) is 10.5 Å². The highest BCUT2D eigenvalue weighted by Crippen LogP contribution is 2.37. The number of amides is 3. The van der Waals surface area contributed by atoms with Gasteiger partial charge in [0, 0.05) is 43.7 Å². The summed E-state index contributed by atoms with van der Waals surface area (Å²) in [6.45, 7) is 6.36. The number of hydrogen-bond acceptors (Lipinski definition) is 8. The third kappa shape index (κ3) is 10.0. The number of benzene rings is 2. The molecule has 0 aromatic heterocycles. The number of hydrazine groups is 1. The first-order valence-corrected chi connectivity index (χ1v) is 15.1. The molecule has 0 spiro atoms. The molecular formula is C32H46N6O5. The van der Waals surface area contributed by atoms with Crippen LogP contribution < -0.4 is 27.1 Å². The Morgan fingerprint density at radius 2 is 1.63 bits per heavy atom. The molecule has 2 aromatic carbocycles. The number of hydrogen-bond donors (Lipinski definition) is 4. The number of ether oxygens (including phenoxy) is 2. The molecule has 6 N–H and O–H groups in total. The van der Waals surface area contributed by atoms with E-state index in [9.17, 15) is 14.4 Å². The molecule has 43 heavy (non-hydrogen) atoms.